The second kappa shape index (κ2) is 30.7. The summed E-state index contributed by atoms with van der Waals surface area (Å²) in [6, 6.07) is -4.36. The van der Waals surface area contributed by atoms with Gasteiger partial charge in [0.25, 0.3) is 17.4 Å². The number of carbonyl (C=O) groups is 4. The predicted molar refractivity (Wildman–Crippen MR) is 234 cm³/mol. The quantitative estimate of drug-likeness (QED) is 0.0211. The van der Waals surface area contributed by atoms with Crippen molar-refractivity contribution < 1.29 is 104 Å². The van der Waals surface area contributed by atoms with Gasteiger partial charge < -0.3 is 107 Å². The summed E-state index contributed by atoms with van der Waals surface area (Å²) in [5.41, 5.74) is 12.0. The molecule has 0 radical (unpaired) electrons. The topological polar surface area (TPSA) is 433 Å². The first-order valence-electron chi connectivity index (χ1n) is 22.9. The van der Waals surface area contributed by atoms with Gasteiger partial charge in [0, 0.05) is 52.5 Å². The maximum Gasteiger partial charge on any atom is 0.364 e. The van der Waals surface area contributed by atoms with Crippen molar-refractivity contribution in [1.29, 1.82) is 0 Å². The number of carboxylic acids is 3. The van der Waals surface area contributed by atoms with Crippen molar-refractivity contribution in [3.63, 3.8) is 0 Å². The summed E-state index contributed by atoms with van der Waals surface area (Å²) in [6.07, 6.45) is -9.68. The average Bonchev–Trinajstić information content (AvgIpc) is 3.26. The molecular weight excluding hydrogens is 896 g/mol. The lowest BCUT2D eigenvalue weighted by atomic mass is 9.89. The summed E-state index contributed by atoms with van der Waals surface area (Å²) in [5.74, 6) is -15.7. The largest absolute Gasteiger partial charge is 0.477 e. The fourth-order valence-corrected chi connectivity index (χ4v) is 7.75. The standard InChI is InChI=1S/C42H80N4O21/c1-5-6-7-8-9-10-11-12-13-14-16-45-21-30(54)35(24(2)43)67-41(15-17-47,38(58)59)64-31(22-48)27(51)18-26(46-25(3)50)28(52)20-42(63-4,39(60)61)65-32(23-49)34(55)36-33(44)29(53)19-40(62,66-36)37(56)57/h24,26-36,45,47-49,51-55,62H,5-23,43-44H2,1-4H3,(H,46,50)(H,56,57)(H,58,59)(H,60,61). The van der Waals surface area contributed by atoms with Crippen molar-refractivity contribution in [1.82, 2.24) is 10.6 Å². The number of aliphatic hydroxyl groups is 9. The van der Waals surface area contributed by atoms with Gasteiger partial charge in [0.05, 0.1) is 49.7 Å². The minimum atomic E-state index is -3.08. The van der Waals surface area contributed by atoms with Crippen molar-refractivity contribution in [2.45, 2.75) is 201 Å². The van der Waals surface area contributed by atoms with Crippen LogP contribution < -0.4 is 22.1 Å². The first kappa shape index (κ1) is 62.2. The predicted octanol–water partition coefficient (Wildman–Crippen LogP) is -3.45. The van der Waals surface area contributed by atoms with Crippen molar-refractivity contribution >= 4 is 23.8 Å². The van der Waals surface area contributed by atoms with Gasteiger partial charge in [-0.25, -0.2) is 14.4 Å². The first-order chi connectivity index (χ1) is 31.4. The summed E-state index contributed by atoms with van der Waals surface area (Å²) < 4.78 is 27.2. The maximum atomic E-state index is 12.9. The van der Waals surface area contributed by atoms with Crippen molar-refractivity contribution in [3.8, 4) is 0 Å². The van der Waals surface area contributed by atoms with E-state index in [-0.39, 0.29) is 6.54 Å². The number of aliphatic carboxylic acids is 3. The first-order valence-corrected chi connectivity index (χ1v) is 22.9. The third-order valence-corrected chi connectivity index (χ3v) is 11.7. The molecule has 1 heterocycles. The lowest BCUT2D eigenvalue weighted by Gasteiger charge is -2.44. The number of unbranched alkanes of at least 4 members (excludes halogenated alkanes) is 9. The van der Waals surface area contributed by atoms with Gasteiger partial charge in [0.2, 0.25) is 5.91 Å². The molecule has 0 aromatic carbocycles. The average molecular weight is 977 g/mol. The number of nitrogens with two attached hydrogens (primary N) is 2. The smallest absolute Gasteiger partial charge is 0.364 e. The van der Waals surface area contributed by atoms with Crippen molar-refractivity contribution in [2.24, 2.45) is 11.5 Å². The highest BCUT2D eigenvalue weighted by Crippen LogP contribution is 2.33. The Kier molecular flexibility index (Phi) is 28.5. The Morgan fingerprint density at radius 2 is 1.36 bits per heavy atom. The number of nitrogens with one attached hydrogen (secondary N) is 2. The van der Waals surface area contributed by atoms with E-state index in [4.69, 9.17) is 35.2 Å². The van der Waals surface area contributed by atoms with Gasteiger partial charge in [-0.05, 0) is 26.3 Å². The molecule has 0 spiro atoms. The van der Waals surface area contributed by atoms with E-state index in [1.807, 2.05) is 0 Å². The van der Waals surface area contributed by atoms with E-state index in [0.29, 0.717) is 6.54 Å². The van der Waals surface area contributed by atoms with Gasteiger partial charge in [0.1, 0.15) is 30.5 Å². The molecule has 0 aromatic rings. The van der Waals surface area contributed by atoms with E-state index in [9.17, 15) is 80.5 Å². The van der Waals surface area contributed by atoms with Crippen LogP contribution >= 0.6 is 0 Å². The highest BCUT2D eigenvalue weighted by atomic mass is 16.7. The number of ether oxygens (including phenoxy) is 5. The van der Waals surface area contributed by atoms with Crippen LogP contribution in [0.2, 0.25) is 0 Å². The molecular formula is C42H80N4O21. The van der Waals surface area contributed by atoms with Crippen LogP contribution in [0.5, 0.6) is 0 Å². The number of rotatable bonds is 38. The van der Waals surface area contributed by atoms with Gasteiger partial charge in [-0.2, -0.15) is 0 Å². The van der Waals surface area contributed by atoms with Gasteiger partial charge in [-0.3, -0.25) is 4.79 Å². The Labute approximate surface area is 390 Å². The number of amides is 1. The molecule has 1 amide bonds. The zero-order valence-electron chi connectivity index (χ0n) is 39.1. The summed E-state index contributed by atoms with van der Waals surface area (Å²) in [6.45, 7) is 1.74. The van der Waals surface area contributed by atoms with E-state index in [2.05, 4.69) is 17.6 Å². The summed E-state index contributed by atoms with van der Waals surface area (Å²) >= 11 is 0. The molecule has 0 bridgehead atoms. The summed E-state index contributed by atoms with van der Waals surface area (Å²) in [5, 5.41) is 132. The van der Waals surface area contributed by atoms with Gasteiger partial charge in [0.15, 0.2) is 0 Å². The molecule has 67 heavy (non-hydrogen) atoms. The molecule has 394 valence electrons. The SMILES string of the molecule is CCCCCCCCCCCCNCC(O)C(OC(CCO)(OC(CO)C(O)CC(NC(C)=O)C(O)CC(OC)(OC(CO)C(O)C1OC(O)(C(=O)O)CC(O)C1N)C(=O)O)C(=O)O)C(C)N. The van der Waals surface area contributed by atoms with Gasteiger partial charge in [-0.1, -0.05) is 64.7 Å². The molecule has 1 rings (SSSR count). The van der Waals surface area contributed by atoms with Crippen molar-refractivity contribution in [3.05, 3.63) is 0 Å². The Bertz CT molecular complexity index is 1460. The molecule has 0 aromatic heterocycles. The van der Waals surface area contributed by atoms with Gasteiger partial charge in [-0.15, -0.1) is 0 Å². The molecule has 15 unspecified atom stereocenters. The second-order valence-corrected chi connectivity index (χ2v) is 17.3. The minimum absolute atomic E-state index is 0.0824. The molecule has 1 aliphatic rings. The molecule has 1 saturated heterocycles. The van der Waals surface area contributed by atoms with Crippen LogP contribution in [-0.4, -0.2) is 216 Å². The normalized spacial score (nSPS) is 24.7. The fourth-order valence-electron chi connectivity index (χ4n) is 7.75. The van der Waals surface area contributed by atoms with E-state index in [1.165, 1.54) is 45.4 Å². The van der Waals surface area contributed by atoms with Crippen LogP contribution in [0.3, 0.4) is 0 Å². The Hall–Kier alpha value is -2.80. The fraction of sp³-hybridized carbons (Fsp3) is 0.905. The Morgan fingerprint density at radius 3 is 1.82 bits per heavy atom. The van der Waals surface area contributed by atoms with E-state index in [1.54, 1.807) is 0 Å². The van der Waals surface area contributed by atoms with Gasteiger partial charge >= 0.3 is 17.9 Å². The number of carboxylic acid groups (broad SMARTS) is 3. The monoisotopic (exact) mass is 977 g/mol. The maximum absolute atomic E-state index is 12.9. The molecule has 15 atom stereocenters. The van der Waals surface area contributed by atoms with Crippen LogP contribution in [0.1, 0.15) is 111 Å². The zero-order valence-corrected chi connectivity index (χ0v) is 39.1. The van der Waals surface area contributed by atoms with Crippen LogP contribution in [0.15, 0.2) is 0 Å². The molecule has 0 aliphatic carbocycles. The summed E-state index contributed by atoms with van der Waals surface area (Å²) in [4.78, 5) is 49.6. The molecule has 1 fully saturated rings. The van der Waals surface area contributed by atoms with Crippen LogP contribution in [0.4, 0.5) is 0 Å². The highest BCUT2D eigenvalue weighted by Gasteiger charge is 2.55. The van der Waals surface area contributed by atoms with E-state index in [0.717, 1.165) is 39.7 Å². The third kappa shape index (κ3) is 19.5. The highest BCUT2D eigenvalue weighted by molar-refractivity contribution is 5.77. The lowest BCUT2D eigenvalue weighted by Crippen LogP contribution is -2.66. The Balaban J connectivity index is 3.26. The van der Waals surface area contributed by atoms with E-state index < -0.39 is 160 Å². The molecule has 25 heteroatoms. The second-order valence-electron chi connectivity index (χ2n) is 17.3. The zero-order chi connectivity index (χ0) is 51.1. The Morgan fingerprint density at radius 1 is 0.821 bits per heavy atom. The molecule has 25 nitrogen and oxygen atoms in total. The van der Waals surface area contributed by atoms with Crippen LogP contribution in [-0.2, 0) is 42.9 Å². The summed E-state index contributed by atoms with van der Waals surface area (Å²) in [7, 11) is 0.781. The number of hydrogen-bond acceptors (Lipinski definition) is 21. The van der Waals surface area contributed by atoms with Crippen LogP contribution in [0.25, 0.3) is 0 Å². The number of hydrogen-bond donors (Lipinski definition) is 16. The van der Waals surface area contributed by atoms with Crippen LogP contribution in [0, 0.1) is 0 Å². The minimum Gasteiger partial charge on any atom is -0.477 e. The van der Waals surface area contributed by atoms with E-state index >= 15 is 0 Å². The molecule has 1 aliphatic heterocycles. The number of methoxy groups -OCH3 is 1. The van der Waals surface area contributed by atoms with Crippen molar-refractivity contribution in [2.75, 3.05) is 40.0 Å². The number of carbonyl (C=O) groups excluding carboxylic acids is 1. The molecule has 0 saturated carbocycles. The molecule has 18 N–H and O–H groups in total. The third-order valence-electron chi connectivity index (χ3n) is 11.7. The number of aliphatic hydroxyl groups excluding tert-OH is 8. The lowest BCUT2D eigenvalue weighted by molar-refractivity contribution is -0.312.